The molecule has 0 aromatic heterocycles. The standard InChI is InChI=1S/C38H44Cl3N3O5S/c1-7-49-33-23-32(41)34(50(6,47)48)22-31(33)35-42-37(4,26-8-12-28(39)13-9-26)38(5,27-10-14-29(40)15-11-27)44(35)36(46)43-18-16-25(17-19-43)21-30(45)20-24(2)3/h8-15,22-25H,7,16-21H2,1-6H3/t37-,38+/m0/s1. The first-order valence-corrected chi connectivity index (χ1v) is 19.9. The molecular weight excluding hydrogens is 717 g/mol. The third-order valence-electron chi connectivity index (χ3n) is 9.95. The van der Waals surface area contributed by atoms with Crippen molar-refractivity contribution in [3.63, 3.8) is 0 Å². The van der Waals surface area contributed by atoms with Crippen LogP contribution in [0.1, 0.15) is 77.0 Å². The van der Waals surface area contributed by atoms with E-state index in [1.165, 1.54) is 12.1 Å². The van der Waals surface area contributed by atoms with Gasteiger partial charge in [0.25, 0.3) is 0 Å². The Balaban J connectivity index is 1.71. The van der Waals surface area contributed by atoms with Crippen molar-refractivity contribution in [3.05, 3.63) is 92.4 Å². The van der Waals surface area contributed by atoms with Crippen molar-refractivity contribution in [2.75, 3.05) is 26.0 Å². The SMILES string of the molecule is CCOc1cc(Cl)c(S(C)(=O)=O)cc1C1=N[C@@](C)(c2ccc(Cl)cc2)[C@@](C)(c2ccc(Cl)cc2)N1C(=O)N1CCC(CC(=O)CC(C)C)CC1. The second kappa shape index (κ2) is 14.9. The molecule has 8 nitrogen and oxygen atoms in total. The number of likely N-dealkylation sites (tertiary alicyclic amines) is 1. The van der Waals surface area contributed by atoms with Gasteiger partial charge in [0.1, 0.15) is 28.4 Å². The normalized spacial score (nSPS) is 21.4. The van der Waals surface area contributed by atoms with Crippen LogP contribution in [0.2, 0.25) is 15.1 Å². The topological polar surface area (TPSA) is 96.3 Å². The first-order chi connectivity index (χ1) is 23.5. The summed E-state index contributed by atoms with van der Waals surface area (Å²) in [6.45, 7) is 11.0. The summed E-state index contributed by atoms with van der Waals surface area (Å²) < 4.78 is 32.0. The number of amidine groups is 1. The molecule has 2 amide bonds. The monoisotopic (exact) mass is 759 g/mol. The molecule has 0 aliphatic carbocycles. The third-order valence-corrected chi connectivity index (χ3v) is 12.0. The second-order valence-electron chi connectivity index (χ2n) is 14.0. The number of urea groups is 1. The molecule has 0 spiro atoms. The Morgan fingerprint density at radius 3 is 2.02 bits per heavy atom. The number of aliphatic imine (C=N–C) groups is 1. The molecule has 0 N–H and O–H groups in total. The zero-order valence-corrected chi connectivity index (χ0v) is 32.4. The van der Waals surface area contributed by atoms with E-state index >= 15 is 4.79 Å². The molecule has 1 saturated heterocycles. The van der Waals surface area contributed by atoms with Crippen molar-refractivity contribution in [1.29, 1.82) is 0 Å². The summed E-state index contributed by atoms with van der Waals surface area (Å²) in [4.78, 5) is 36.6. The number of benzene rings is 3. The van der Waals surface area contributed by atoms with E-state index in [4.69, 9.17) is 44.5 Å². The molecule has 2 heterocycles. The molecule has 268 valence electrons. The number of amides is 2. The van der Waals surface area contributed by atoms with Crippen LogP contribution >= 0.6 is 34.8 Å². The molecule has 3 aromatic carbocycles. The molecule has 0 unspecified atom stereocenters. The Bertz CT molecular complexity index is 1890. The maximum Gasteiger partial charge on any atom is 0.326 e. The summed E-state index contributed by atoms with van der Waals surface area (Å²) in [6, 6.07) is 17.3. The van der Waals surface area contributed by atoms with Gasteiger partial charge in [0, 0.05) is 48.3 Å². The maximum absolute atomic E-state index is 15.2. The van der Waals surface area contributed by atoms with E-state index in [1.807, 2.05) is 58.9 Å². The number of rotatable bonds is 10. The number of carbonyl (C=O) groups is 2. The van der Waals surface area contributed by atoms with Crippen LogP contribution in [0.3, 0.4) is 0 Å². The van der Waals surface area contributed by atoms with Gasteiger partial charge < -0.3 is 9.64 Å². The predicted octanol–water partition coefficient (Wildman–Crippen LogP) is 9.18. The summed E-state index contributed by atoms with van der Waals surface area (Å²) in [5.74, 6) is 1.28. The van der Waals surface area contributed by atoms with E-state index in [1.54, 1.807) is 34.1 Å². The third kappa shape index (κ3) is 7.43. The number of hydrogen-bond acceptors (Lipinski definition) is 6. The van der Waals surface area contributed by atoms with E-state index in [0.717, 1.165) is 17.4 Å². The Hall–Kier alpha value is -3.11. The first-order valence-electron chi connectivity index (χ1n) is 16.9. The molecule has 2 aliphatic rings. The Kier molecular flexibility index (Phi) is 11.3. The Morgan fingerprint density at radius 1 is 0.940 bits per heavy atom. The van der Waals surface area contributed by atoms with Crippen molar-refractivity contribution >= 4 is 62.3 Å². The van der Waals surface area contributed by atoms with Crippen LogP contribution in [0.5, 0.6) is 5.75 Å². The smallest absolute Gasteiger partial charge is 0.326 e. The first kappa shape index (κ1) is 38.1. The summed E-state index contributed by atoms with van der Waals surface area (Å²) in [5, 5.41) is 1.08. The minimum absolute atomic E-state index is 0.00573. The lowest BCUT2D eigenvalue weighted by Gasteiger charge is -2.47. The van der Waals surface area contributed by atoms with Gasteiger partial charge in [-0.15, -0.1) is 0 Å². The van der Waals surface area contributed by atoms with Gasteiger partial charge in [0.2, 0.25) is 0 Å². The zero-order valence-electron chi connectivity index (χ0n) is 29.3. The number of sulfone groups is 1. The van der Waals surface area contributed by atoms with Crippen LogP contribution in [0.4, 0.5) is 4.79 Å². The average molecular weight is 761 g/mol. The van der Waals surface area contributed by atoms with E-state index in [-0.39, 0.29) is 40.1 Å². The number of hydrogen-bond donors (Lipinski definition) is 0. The van der Waals surface area contributed by atoms with Gasteiger partial charge in [-0.25, -0.2) is 13.2 Å². The average Bonchev–Trinajstić information content (AvgIpc) is 3.28. The van der Waals surface area contributed by atoms with E-state index in [2.05, 4.69) is 0 Å². The summed E-state index contributed by atoms with van der Waals surface area (Å²) in [6.07, 6.45) is 3.51. The molecule has 3 aromatic rings. The van der Waals surface area contributed by atoms with Gasteiger partial charge in [0.05, 0.1) is 22.1 Å². The number of halogens is 3. The maximum atomic E-state index is 15.2. The van der Waals surface area contributed by atoms with Gasteiger partial charge in [-0.3, -0.25) is 14.7 Å². The van der Waals surface area contributed by atoms with Crippen LogP contribution < -0.4 is 4.74 Å². The highest BCUT2D eigenvalue weighted by molar-refractivity contribution is 7.90. The fourth-order valence-electron chi connectivity index (χ4n) is 7.17. The van der Waals surface area contributed by atoms with Gasteiger partial charge in [-0.2, -0.15) is 0 Å². The second-order valence-corrected chi connectivity index (χ2v) is 17.2. The fourth-order valence-corrected chi connectivity index (χ4v) is 8.74. The van der Waals surface area contributed by atoms with E-state index in [9.17, 15) is 13.2 Å². The number of ketones is 1. The van der Waals surface area contributed by atoms with Gasteiger partial charge >= 0.3 is 6.03 Å². The highest BCUT2D eigenvalue weighted by Gasteiger charge is 2.60. The number of nitrogens with zero attached hydrogens (tertiary/aromatic N) is 3. The Morgan fingerprint density at radius 2 is 1.50 bits per heavy atom. The molecular formula is C38H44Cl3N3O5S. The van der Waals surface area contributed by atoms with Gasteiger partial charge in [-0.05, 0) is 86.9 Å². The van der Waals surface area contributed by atoms with Crippen molar-refractivity contribution in [2.45, 2.75) is 76.3 Å². The number of carbonyl (C=O) groups excluding carboxylic acids is 2. The fraction of sp³-hybridized carbons (Fsp3) is 0.447. The summed E-state index contributed by atoms with van der Waals surface area (Å²) in [5.41, 5.74) is -0.430. The van der Waals surface area contributed by atoms with Crippen LogP contribution in [0.25, 0.3) is 0 Å². The highest BCUT2D eigenvalue weighted by atomic mass is 35.5. The van der Waals surface area contributed by atoms with Gasteiger partial charge in [-0.1, -0.05) is 72.9 Å². The number of piperidine rings is 1. The minimum atomic E-state index is -3.78. The predicted molar refractivity (Wildman–Crippen MR) is 200 cm³/mol. The van der Waals surface area contributed by atoms with Crippen LogP contribution in [0, 0.1) is 11.8 Å². The summed E-state index contributed by atoms with van der Waals surface area (Å²) >= 11 is 19.2. The lowest BCUT2D eigenvalue weighted by Crippen LogP contribution is -2.59. The van der Waals surface area contributed by atoms with E-state index < -0.39 is 20.9 Å². The van der Waals surface area contributed by atoms with Crippen molar-refractivity contribution in [3.8, 4) is 5.75 Å². The molecule has 0 saturated carbocycles. The largest absolute Gasteiger partial charge is 0.493 e. The highest BCUT2D eigenvalue weighted by Crippen LogP contribution is 2.54. The molecule has 2 atom stereocenters. The molecule has 50 heavy (non-hydrogen) atoms. The number of ether oxygens (including phenoxy) is 1. The molecule has 1 fully saturated rings. The van der Waals surface area contributed by atoms with Crippen molar-refractivity contribution < 1.29 is 22.7 Å². The minimum Gasteiger partial charge on any atom is -0.493 e. The van der Waals surface area contributed by atoms with Gasteiger partial charge in [0.15, 0.2) is 9.84 Å². The van der Waals surface area contributed by atoms with E-state index in [0.29, 0.717) is 66.0 Å². The molecule has 0 bridgehead atoms. The van der Waals surface area contributed by atoms with Crippen molar-refractivity contribution in [1.82, 2.24) is 9.80 Å². The summed E-state index contributed by atoms with van der Waals surface area (Å²) in [7, 11) is -3.78. The molecule has 12 heteroatoms. The molecule has 0 radical (unpaired) electrons. The number of Topliss-reactive ketones (excluding diaryl/α,β-unsaturated/α-hetero) is 1. The zero-order chi connectivity index (χ0) is 36.6. The van der Waals surface area contributed by atoms with Crippen LogP contribution in [-0.4, -0.2) is 61.8 Å². The van der Waals surface area contributed by atoms with Crippen LogP contribution in [0.15, 0.2) is 70.6 Å². The van der Waals surface area contributed by atoms with Crippen LogP contribution in [-0.2, 0) is 25.7 Å². The quantitative estimate of drug-likeness (QED) is 0.205. The molecule has 2 aliphatic heterocycles. The lowest BCUT2D eigenvalue weighted by atomic mass is 9.71. The Labute approximate surface area is 310 Å². The lowest BCUT2D eigenvalue weighted by molar-refractivity contribution is -0.120. The van der Waals surface area contributed by atoms with Crippen molar-refractivity contribution in [2.24, 2.45) is 16.8 Å². The molecule has 5 rings (SSSR count).